The highest BCUT2D eigenvalue weighted by Gasteiger charge is 2.63. The van der Waals surface area contributed by atoms with Gasteiger partial charge < -0.3 is 14.2 Å². The summed E-state index contributed by atoms with van der Waals surface area (Å²) in [6.07, 6.45) is 9.71. The van der Waals surface area contributed by atoms with Crippen LogP contribution in [-0.2, 0) is 28.6 Å². The Hall–Kier alpha value is -1.59. The standard InChI is InChI=1S/C32H52O6/c1-19(9-12-29(35)38-30(4,5)6)24-10-11-25-23-18-28(37-21(3)34)27-17-22(36-20(2)33)13-15-32(27,8)26(23)14-16-31(24,25)7/h19,22-28H,9-18H2,1-8H3/t19?,22-,23?,24?,25?,26?,27?,28+,31-,32-/m1/s1. The Morgan fingerprint density at radius 2 is 1.47 bits per heavy atom. The fourth-order valence-electron chi connectivity index (χ4n) is 9.83. The molecule has 0 bridgehead atoms. The highest BCUT2D eigenvalue weighted by molar-refractivity contribution is 5.69. The smallest absolute Gasteiger partial charge is 0.306 e. The Balaban J connectivity index is 1.50. The first-order chi connectivity index (χ1) is 17.6. The first-order valence-corrected chi connectivity index (χ1v) is 15.2. The average molecular weight is 533 g/mol. The van der Waals surface area contributed by atoms with Crippen LogP contribution in [0, 0.1) is 46.3 Å². The van der Waals surface area contributed by atoms with Crippen LogP contribution >= 0.6 is 0 Å². The van der Waals surface area contributed by atoms with Crippen molar-refractivity contribution in [3.05, 3.63) is 0 Å². The summed E-state index contributed by atoms with van der Waals surface area (Å²) >= 11 is 0. The number of carbonyl (C=O) groups is 3. The SMILES string of the molecule is CC(=O)O[C@@H]1CC[C@]2(C)C3CC[C@]4(C)C(C(C)CCC(=O)OC(C)(C)C)CCC4C3C[C@H](OC(C)=O)C2C1. The van der Waals surface area contributed by atoms with Crippen molar-refractivity contribution in [2.24, 2.45) is 46.3 Å². The summed E-state index contributed by atoms with van der Waals surface area (Å²) < 4.78 is 17.3. The average Bonchev–Trinajstić information content (AvgIpc) is 3.14. The molecule has 38 heavy (non-hydrogen) atoms. The third kappa shape index (κ3) is 5.80. The van der Waals surface area contributed by atoms with Crippen molar-refractivity contribution >= 4 is 17.9 Å². The predicted octanol–water partition coefficient (Wildman–Crippen LogP) is 6.88. The van der Waals surface area contributed by atoms with Gasteiger partial charge in [-0.1, -0.05) is 20.8 Å². The molecule has 10 atom stereocenters. The Kier molecular flexibility index (Phi) is 8.33. The van der Waals surface area contributed by atoms with E-state index in [0.717, 1.165) is 32.1 Å². The van der Waals surface area contributed by atoms with Gasteiger partial charge in [0.2, 0.25) is 0 Å². The van der Waals surface area contributed by atoms with Crippen LogP contribution < -0.4 is 0 Å². The van der Waals surface area contributed by atoms with Gasteiger partial charge in [0.15, 0.2) is 0 Å². The van der Waals surface area contributed by atoms with Crippen LogP contribution in [0.1, 0.15) is 120 Å². The third-order valence-electron chi connectivity index (χ3n) is 11.2. The first kappa shape index (κ1) is 29.4. The maximum Gasteiger partial charge on any atom is 0.306 e. The number of hydrogen-bond acceptors (Lipinski definition) is 6. The lowest BCUT2D eigenvalue weighted by molar-refractivity contribution is -0.197. The van der Waals surface area contributed by atoms with Gasteiger partial charge in [-0.2, -0.15) is 0 Å². The van der Waals surface area contributed by atoms with E-state index in [1.165, 1.54) is 39.5 Å². The highest BCUT2D eigenvalue weighted by atomic mass is 16.6. The lowest BCUT2D eigenvalue weighted by atomic mass is 9.43. The molecule has 0 aromatic carbocycles. The van der Waals surface area contributed by atoms with Crippen LogP contribution in [0.15, 0.2) is 0 Å². The van der Waals surface area contributed by atoms with E-state index in [1.807, 2.05) is 20.8 Å². The number of esters is 3. The molecule has 0 spiro atoms. The number of ether oxygens (including phenoxy) is 3. The summed E-state index contributed by atoms with van der Waals surface area (Å²) in [7, 11) is 0. The quantitative estimate of drug-likeness (QED) is 0.274. The molecule has 0 aliphatic heterocycles. The zero-order chi connectivity index (χ0) is 28.0. The van der Waals surface area contributed by atoms with E-state index in [-0.39, 0.29) is 46.9 Å². The lowest BCUT2D eigenvalue weighted by Crippen LogP contribution is -2.59. The maximum absolute atomic E-state index is 12.4. The van der Waals surface area contributed by atoms with Crippen molar-refractivity contribution < 1.29 is 28.6 Å². The van der Waals surface area contributed by atoms with E-state index >= 15 is 0 Å². The van der Waals surface area contributed by atoms with Crippen LogP contribution in [0.3, 0.4) is 0 Å². The molecule has 6 heteroatoms. The van der Waals surface area contributed by atoms with Gasteiger partial charge in [-0.05, 0) is 119 Å². The van der Waals surface area contributed by atoms with Gasteiger partial charge in [0.1, 0.15) is 17.8 Å². The van der Waals surface area contributed by atoms with Crippen molar-refractivity contribution in [2.45, 2.75) is 137 Å². The largest absolute Gasteiger partial charge is 0.463 e. The van der Waals surface area contributed by atoms with Gasteiger partial charge >= 0.3 is 17.9 Å². The topological polar surface area (TPSA) is 78.9 Å². The van der Waals surface area contributed by atoms with E-state index in [1.54, 1.807) is 0 Å². The van der Waals surface area contributed by atoms with E-state index in [9.17, 15) is 14.4 Å². The molecule has 0 N–H and O–H groups in total. The molecular formula is C32H52O6. The van der Waals surface area contributed by atoms with Crippen LogP contribution in [0.25, 0.3) is 0 Å². The molecule has 6 unspecified atom stereocenters. The molecule has 4 aliphatic rings. The van der Waals surface area contributed by atoms with Crippen LogP contribution in [-0.4, -0.2) is 35.7 Å². The Bertz CT molecular complexity index is 906. The number of carbonyl (C=O) groups excluding carboxylic acids is 3. The zero-order valence-corrected chi connectivity index (χ0v) is 25.1. The van der Waals surface area contributed by atoms with Crippen LogP contribution in [0.5, 0.6) is 0 Å². The molecule has 4 aliphatic carbocycles. The normalized spacial score (nSPS) is 41.2. The second-order valence-corrected chi connectivity index (χ2v) is 14.7. The molecular weight excluding hydrogens is 480 g/mol. The van der Waals surface area contributed by atoms with Gasteiger partial charge in [-0.3, -0.25) is 14.4 Å². The Morgan fingerprint density at radius 3 is 2.11 bits per heavy atom. The van der Waals surface area contributed by atoms with Crippen molar-refractivity contribution in [1.82, 2.24) is 0 Å². The van der Waals surface area contributed by atoms with Gasteiger partial charge in [0, 0.05) is 26.2 Å². The molecule has 6 nitrogen and oxygen atoms in total. The van der Waals surface area contributed by atoms with E-state index in [0.29, 0.717) is 36.0 Å². The molecule has 0 aromatic heterocycles. The summed E-state index contributed by atoms with van der Waals surface area (Å²) in [6, 6.07) is 0. The lowest BCUT2D eigenvalue weighted by Gasteiger charge is -2.62. The minimum absolute atomic E-state index is 0.0734. The third-order valence-corrected chi connectivity index (χ3v) is 11.2. The monoisotopic (exact) mass is 532 g/mol. The summed E-state index contributed by atoms with van der Waals surface area (Å²) in [5, 5.41) is 0. The second-order valence-electron chi connectivity index (χ2n) is 14.7. The van der Waals surface area contributed by atoms with E-state index < -0.39 is 5.60 Å². The van der Waals surface area contributed by atoms with Crippen molar-refractivity contribution in [3.8, 4) is 0 Å². The fourth-order valence-corrected chi connectivity index (χ4v) is 9.83. The number of fused-ring (bicyclic) bond motifs is 5. The summed E-state index contributed by atoms with van der Waals surface area (Å²) in [5.41, 5.74) is -0.0806. The van der Waals surface area contributed by atoms with Crippen molar-refractivity contribution in [3.63, 3.8) is 0 Å². The highest BCUT2D eigenvalue weighted by Crippen LogP contribution is 2.68. The van der Waals surface area contributed by atoms with Crippen molar-refractivity contribution in [1.29, 1.82) is 0 Å². The van der Waals surface area contributed by atoms with E-state index in [2.05, 4.69) is 20.8 Å². The number of hydrogen-bond donors (Lipinski definition) is 0. The van der Waals surface area contributed by atoms with Gasteiger partial charge in [-0.15, -0.1) is 0 Å². The fraction of sp³-hybridized carbons (Fsp3) is 0.906. The number of rotatable bonds is 6. The molecule has 0 aromatic rings. The summed E-state index contributed by atoms with van der Waals surface area (Å²) in [5.74, 6) is 2.59. The van der Waals surface area contributed by atoms with Crippen LogP contribution in [0.4, 0.5) is 0 Å². The summed E-state index contributed by atoms with van der Waals surface area (Å²) in [6.45, 7) is 16.1. The molecule has 4 fully saturated rings. The minimum atomic E-state index is -0.437. The predicted molar refractivity (Wildman–Crippen MR) is 146 cm³/mol. The van der Waals surface area contributed by atoms with Gasteiger partial charge in [0.05, 0.1) is 0 Å². The zero-order valence-electron chi connectivity index (χ0n) is 25.1. The molecule has 0 amide bonds. The second kappa shape index (κ2) is 10.8. The summed E-state index contributed by atoms with van der Waals surface area (Å²) in [4.78, 5) is 36.3. The molecule has 0 saturated heterocycles. The molecule has 216 valence electrons. The molecule has 4 saturated carbocycles. The minimum Gasteiger partial charge on any atom is -0.463 e. The molecule has 0 heterocycles. The Labute approximate surface area is 230 Å². The van der Waals surface area contributed by atoms with E-state index in [4.69, 9.17) is 14.2 Å². The first-order valence-electron chi connectivity index (χ1n) is 15.2. The maximum atomic E-state index is 12.4. The molecule has 4 rings (SSSR count). The Morgan fingerprint density at radius 1 is 0.842 bits per heavy atom. The molecule has 0 radical (unpaired) electrons. The van der Waals surface area contributed by atoms with Gasteiger partial charge in [0.25, 0.3) is 0 Å². The van der Waals surface area contributed by atoms with Gasteiger partial charge in [-0.25, -0.2) is 0 Å². The van der Waals surface area contributed by atoms with Crippen LogP contribution in [0.2, 0.25) is 0 Å². The van der Waals surface area contributed by atoms with Crippen molar-refractivity contribution in [2.75, 3.05) is 0 Å².